The van der Waals surface area contributed by atoms with Gasteiger partial charge in [-0.2, -0.15) is 0 Å². The highest BCUT2D eigenvalue weighted by Gasteiger charge is 2.29. The zero-order chi connectivity index (χ0) is 15.8. The molecular weight excluding hydrogens is 272 g/mol. The Labute approximate surface area is 132 Å². The maximum absolute atomic E-state index is 11.2. The number of nitrogens with zero attached hydrogens (tertiary/aromatic N) is 2. The van der Waals surface area contributed by atoms with Crippen LogP contribution in [0.1, 0.15) is 25.0 Å². The quantitative estimate of drug-likeness (QED) is 0.861. The van der Waals surface area contributed by atoms with Crippen molar-refractivity contribution in [1.82, 2.24) is 9.88 Å². The molecule has 0 amide bonds. The molecule has 0 aliphatic carbocycles. The second-order valence-corrected chi connectivity index (χ2v) is 5.08. The maximum atomic E-state index is 11.2. The summed E-state index contributed by atoms with van der Waals surface area (Å²) in [5.74, 6) is 6.17. The lowest BCUT2D eigenvalue weighted by atomic mass is 9.88. The summed E-state index contributed by atoms with van der Waals surface area (Å²) in [6.07, 6.45) is 3.36. The monoisotopic (exact) mass is 294 g/mol. The van der Waals surface area contributed by atoms with Gasteiger partial charge in [0, 0.05) is 23.5 Å². The minimum Gasteiger partial charge on any atom is -0.369 e. The smallest absolute Gasteiger partial charge is 0.178 e. The second-order valence-electron chi connectivity index (χ2n) is 5.08. The van der Waals surface area contributed by atoms with Crippen LogP contribution in [-0.4, -0.2) is 34.6 Å². The van der Waals surface area contributed by atoms with Crippen LogP contribution in [0, 0.1) is 11.8 Å². The number of aromatic nitrogens is 1. The molecule has 0 radical (unpaired) electrons. The van der Waals surface area contributed by atoms with Crippen molar-refractivity contribution in [1.29, 1.82) is 0 Å². The van der Waals surface area contributed by atoms with Crippen LogP contribution in [0.3, 0.4) is 0 Å². The molecule has 1 N–H and O–H groups in total. The van der Waals surface area contributed by atoms with E-state index in [1.54, 1.807) is 12.4 Å². The van der Waals surface area contributed by atoms with Crippen molar-refractivity contribution in [2.45, 2.75) is 19.4 Å². The van der Waals surface area contributed by atoms with E-state index in [1.165, 1.54) is 0 Å². The highest BCUT2D eigenvalue weighted by atomic mass is 16.3. The summed E-state index contributed by atoms with van der Waals surface area (Å²) in [6, 6.07) is 13.2. The molecule has 114 valence electrons. The first kappa shape index (κ1) is 16.2. The average Bonchev–Trinajstić information content (AvgIpc) is 2.60. The molecular formula is C19H22N2O. The molecule has 1 aromatic carbocycles. The fourth-order valence-corrected chi connectivity index (χ4v) is 2.29. The summed E-state index contributed by atoms with van der Waals surface area (Å²) < 4.78 is 0. The lowest BCUT2D eigenvalue weighted by Gasteiger charge is -2.23. The molecule has 0 saturated carbocycles. The number of hydrogen-bond donors (Lipinski definition) is 1. The third-order valence-corrected chi connectivity index (χ3v) is 3.74. The lowest BCUT2D eigenvalue weighted by Crippen LogP contribution is -2.27. The normalized spacial score (nSPS) is 13.3. The van der Waals surface area contributed by atoms with Gasteiger partial charge in [0.2, 0.25) is 0 Å². The van der Waals surface area contributed by atoms with Gasteiger partial charge in [-0.15, -0.1) is 0 Å². The summed E-state index contributed by atoms with van der Waals surface area (Å²) in [7, 11) is 0. The van der Waals surface area contributed by atoms with E-state index >= 15 is 0 Å². The number of rotatable bonds is 5. The summed E-state index contributed by atoms with van der Waals surface area (Å²) >= 11 is 0. The van der Waals surface area contributed by atoms with Gasteiger partial charge < -0.3 is 5.11 Å². The third kappa shape index (κ3) is 3.73. The second kappa shape index (κ2) is 7.74. The van der Waals surface area contributed by atoms with E-state index in [-0.39, 0.29) is 0 Å². The standard InChI is InChI=1S/C19H22N2O/c1-3-21(4-2)15-9-13-19(22,17-10-6-5-7-11-17)18-12-8-14-20-16-18/h5-8,10-12,14,16,22H,3-4,15H2,1-2H3/t19-/m0/s1. The Kier molecular flexibility index (Phi) is 5.71. The average molecular weight is 294 g/mol. The van der Waals surface area contributed by atoms with Crippen molar-refractivity contribution in [2.24, 2.45) is 0 Å². The summed E-state index contributed by atoms with van der Waals surface area (Å²) in [6.45, 7) is 6.75. The Morgan fingerprint density at radius 1 is 1.05 bits per heavy atom. The van der Waals surface area contributed by atoms with Gasteiger partial charge in [-0.05, 0) is 19.2 Å². The molecule has 1 heterocycles. The SMILES string of the molecule is CCN(CC)CC#C[C@](O)(c1ccccc1)c1cccnc1. The van der Waals surface area contributed by atoms with Crippen LogP contribution in [0.2, 0.25) is 0 Å². The van der Waals surface area contributed by atoms with E-state index in [1.807, 2.05) is 42.5 Å². The molecule has 1 aromatic heterocycles. The zero-order valence-electron chi connectivity index (χ0n) is 13.2. The van der Waals surface area contributed by atoms with Gasteiger partial charge in [0.05, 0.1) is 6.54 Å². The molecule has 0 aliphatic rings. The molecule has 1 atom stereocenters. The largest absolute Gasteiger partial charge is 0.369 e. The molecule has 3 heteroatoms. The highest BCUT2D eigenvalue weighted by molar-refractivity contribution is 5.43. The van der Waals surface area contributed by atoms with Crippen LogP contribution in [-0.2, 0) is 5.60 Å². The van der Waals surface area contributed by atoms with Crippen LogP contribution in [0.4, 0.5) is 0 Å². The van der Waals surface area contributed by atoms with Crippen LogP contribution in [0.5, 0.6) is 0 Å². The highest BCUT2D eigenvalue weighted by Crippen LogP contribution is 2.28. The molecule has 22 heavy (non-hydrogen) atoms. The topological polar surface area (TPSA) is 36.4 Å². The minimum atomic E-state index is -1.33. The van der Waals surface area contributed by atoms with Crippen molar-refractivity contribution < 1.29 is 5.11 Å². The first-order chi connectivity index (χ1) is 10.7. The summed E-state index contributed by atoms with van der Waals surface area (Å²) in [4.78, 5) is 6.32. The predicted molar refractivity (Wildman–Crippen MR) is 89.2 cm³/mol. The Morgan fingerprint density at radius 3 is 2.32 bits per heavy atom. The van der Waals surface area contributed by atoms with Crippen molar-refractivity contribution in [2.75, 3.05) is 19.6 Å². The van der Waals surface area contributed by atoms with Gasteiger partial charge >= 0.3 is 0 Å². The Balaban J connectivity index is 2.38. The fraction of sp³-hybridized carbons (Fsp3) is 0.316. The Morgan fingerprint density at radius 2 is 1.73 bits per heavy atom. The number of pyridine rings is 1. The minimum absolute atomic E-state index is 0.641. The Bertz CT molecular complexity index is 585. The molecule has 0 bridgehead atoms. The molecule has 0 aliphatic heterocycles. The molecule has 2 rings (SSSR count). The van der Waals surface area contributed by atoms with Crippen LogP contribution >= 0.6 is 0 Å². The maximum Gasteiger partial charge on any atom is 0.178 e. The van der Waals surface area contributed by atoms with Gasteiger partial charge in [0.1, 0.15) is 0 Å². The van der Waals surface area contributed by atoms with Crippen LogP contribution in [0.15, 0.2) is 54.9 Å². The van der Waals surface area contributed by atoms with Gasteiger partial charge in [-0.25, -0.2) is 0 Å². The van der Waals surface area contributed by atoms with E-state index in [0.29, 0.717) is 12.1 Å². The van der Waals surface area contributed by atoms with E-state index < -0.39 is 5.60 Å². The van der Waals surface area contributed by atoms with Crippen molar-refractivity contribution in [3.05, 3.63) is 66.0 Å². The van der Waals surface area contributed by atoms with E-state index in [4.69, 9.17) is 0 Å². The van der Waals surface area contributed by atoms with Gasteiger partial charge in [0.25, 0.3) is 0 Å². The van der Waals surface area contributed by atoms with Crippen LogP contribution in [0.25, 0.3) is 0 Å². The summed E-state index contributed by atoms with van der Waals surface area (Å²) in [5.41, 5.74) is 0.117. The van der Waals surface area contributed by atoms with Gasteiger partial charge in [-0.1, -0.05) is 62.1 Å². The molecule has 3 nitrogen and oxygen atoms in total. The fourth-order valence-electron chi connectivity index (χ4n) is 2.29. The molecule has 0 spiro atoms. The predicted octanol–water partition coefficient (Wildman–Crippen LogP) is 2.66. The Hall–Kier alpha value is -2.15. The third-order valence-electron chi connectivity index (χ3n) is 3.74. The van der Waals surface area contributed by atoms with E-state index in [0.717, 1.165) is 18.7 Å². The van der Waals surface area contributed by atoms with Gasteiger partial charge in [-0.3, -0.25) is 9.88 Å². The number of aliphatic hydroxyl groups is 1. The lowest BCUT2D eigenvalue weighted by molar-refractivity contribution is 0.144. The first-order valence-corrected chi connectivity index (χ1v) is 7.61. The van der Waals surface area contributed by atoms with Crippen molar-refractivity contribution in [3.63, 3.8) is 0 Å². The molecule has 2 aromatic rings. The van der Waals surface area contributed by atoms with E-state index in [9.17, 15) is 5.11 Å². The molecule has 0 saturated heterocycles. The van der Waals surface area contributed by atoms with Crippen molar-refractivity contribution in [3.8, 4) is 11.8 Å². The van der Waals surface area contributed by atoms with Crippen molar-refractivity contribution >= 4 is 0 Å². The van der Waals surface area contributed by atoms with Crippen LogP contribution < -0.4 is 0 Å². The van der Waals surface area contributed by atoms with Gasteiger partial charge in [0.15, 0.2) is 5.60 Å². The molecule has 0 unspecified atom stereocenters. The number of benzene rings is 1. The molecule has 0 fully saturated rings. The first-order valence-electron chi connectivity index (χ1n) is 7.61. The summed E-state index contributed by atoms with van der Waals surface area (Å²) in [5, 5.41) is 11.2. The number of hydrogen-bond acceptors (Lipinski definition) is 3. The van der Waals surface area contributed by atoms with E-state index in [2.05, 4.69) is 35.6 Å². The zero-order valence-corrected chi connectivity index (χ0v) is 13.2.